The molecule has 68 valence electrons. The van der Waals surface area contributed by atoms with Crippen LogP contribution in [0.5, 0.6) is 0 Å². The first kappa shape index (κ1) is 9.17. The number of nitro benzene ring substituents is 1. The molecule has 0 saturated carbocycles. The number of nitro groups is 1. The summed E-state index contributed by atoms with van der Waals surface area (Å²) in [5, 5.41) is 12.3. The van der Waals surface area contributed by atoms with Crippen LogP contribution in [0.2, 0.25) is 0 Å². The fourth-order valence-corrected chi connectivity index (χ4v) is 0.736. The van der Waals surface area contributed by atoms with E-state index in [0.717, 1.165) is 0 Å². The van der Waals surface area contributed by atoms with E-state index >= 15 is 0 Å². The molecule has 0 heterocycles. The standard InChI is InChI=1S/C6H2F2N2O3/c7-3-1-4(8)6(10(12)13)2-5(3)9-11/h1-2H. The topological polar surface area (TPSA) is 72.6 Å². The van der Waals surface area contributed by atoms with Crippen molar-refractivity contribution in [3.63, 3.8) is 0 Å². The molecule has 0 aliphatic rings. The van der Waals surface area contributed by atoms with Crippen LogP contribution in [0, 0.1) is 26.7 Å². The van der Waals surface area contributed by atoms with Gasteiger partial charge in [0.1, 0.15) is 0 Å². The van der Waals surface area contributed by atoms with Crippen molar-refractivity contribution in [2.24, 2.45) is 5.18 Å². The highest BCUT2D eigenvalue weighted by Crippen LogP contribution is 2.26. The molecule has 0 spiro atoms. The van der Waals surface area contributed by atoms with Gasteiger partial charge in [-0.15, -0.1) is 4.91 Å². The van der Waals surface area contributed by atoms with Gasteiger partial charge in [0, 0.05) is 6.07 Å². The molecule has 0 aromatic heterocycles. The van der Waals surface area contributed by atoms with Crippen LogP contribution in [0.15, 0.2) is 17.3 Å². The third-order valence-electron chi connectivity index (χ3n) is 1.31. The Kier molecular flexibility index (Phi) is 2.27. The van der Waals surface area contributed by atoms with E-state index in [-0.39, 0.29) is 6.07 Å². The smallest absolute Gasteiger partial charge is 0.258 e. The van der Waals surface area contributed by atoms with Crippen LogP contribution in [0.3, 0.4) is 0 Å². The summed E-state index contributed by atoms with van der Waals surface area (Å²) in [5.41, 5.74) is -1.76. The summed E-state index contributed by atoms with van der Waals surface area (Å²) in [5.74, 6) is -2.56. The van der Waals surface area contributed by atoms with E-state index < -0.39 is 27.9 Å². The molecule has 0 aliphatic carbocycles. The van der Waals surface area contributed by atoms with E-state index in [0.29, 0.717) is 6.07 Å². The maximum Gasteiger partial charge on any atom is 0.307 e. The zero-order chi connectivity index (χ0) is 10.0. The van der Waals surface area contributed by atoms with Crippen molar-refractivity contribution < 1.29 is 13.7 Å². The number of hydrogen-bond acceptors (Lipinski definition) is 4. The molecule has 0 fully saturated rings. The molecule has 0 unspecified atom stereocenters. The lowest BCUT2D eigenvalue weighted by atomic mass is 10.2. The summed E-state index contributed by atoms with van der Waals surface area (Å²) < 4.78 is 25.1. The fourth-order valence-electron chi connectivity index (χ4n) is 0.736. The van der Waals surface area contributed by atoms with E-state index in [1.54, 1.807) is 0 Å². The molecule has 1 aromatic carbocycles. The number of nitroso groups, excluding NO2 is 1. The lowest BCUT2D eigenvalue weighted by Crippen LogP contribution is -1.93. The number of benzene rings is 1. The quantitative estimate of drug-likeness (QED) is 0.406. The molecule has 0 saturated heterocycles. The van der Waals surface area contributed by atoms with Gasteiger partial charge < -0.3 is 0 Å². The second-order valence-corrected chi connectivity index (χ2v) is 2.10. The zero-order valence-electron chi connectivity index (χ0n) is 6.03. The highest BCUT2D eigenvalue weighted by Gasteiger charge is 2.18. The van der Waals surface area contributed by atoms with Crippen molar-refractivity contribution in [3.05, 3.63) is 38.8 Å². The second kappa shape index (κ2) is 3.21. The maximum atomic E-state index is 12.6. The Morgan fingerprint density at radius 3 is 2.38 bits per heavy atom. The normalized spacial score (nSPS) is 9.69. The second-order valence-electron chi connectivity index (χ2n) is 2.10. The minimum Gasteiger partial charge on any atom is -0.258 e. The first-order valence-corrected chi connectivity index (χ1v) is 3.03. The van der Waals surface area contributed by atoms with Gasteiger partial charge in [0.05, 0.1) is 11.0 Å². The van der Waals surface area contributed by atoms with Crippen LogP contribution in [0.25, 0.3) is 0 Å². The van der Waals surface area contributed by atoms with E-state index in [1.165, 1.54) is 0 Å². The summed E-state index contributed by atoms with van der Waals surface area (Å²) in [7, 11) is 0. The maximum absolute atomic E-state index is 12.6. The highest BCUT2D eigenvalue weighted by molar-refractivity contribution is 5.48. The molecule has 0 N–H and O–H groups in total. The lowest BCUT2D eigenvalue weighted by molar-refractivity contribution is -0.387. The zero-order valence-corrected chi connectivity index (χ0v) is 6.03. The van der Waals surface area contributed by atoms with Gasteiger partial charge in [0.25, 0.3) is 0 Å². The summed E-state index contributed by atoms with van der Waals surface area (Å²) in [6.45, 7) is 0. The molecule has 0 aliphatic heterocycles. The number of halogens is 2. The first-order valence-electron chi connectivity index (χ1n) is 3.03. The summed E-state index contributed by atoms with van der Waals surface area (Å²) in [4.78, 5) is 18.9. The van der Waals surface area contributed by atoms with E-state index in [2.05, 4.69) is 5.18 Å². The van der Waals surface area contributed by atoms with Gasteiger partial charge in [-0.1, -0.05) is 0 Å². The molecular formula is C6H2F2N2O3. The van der Waals surface area contributed by atoms with Crippen LogP contribution < -0.4 is 0 Å². The van der Waals surface area contributed by atoms with Gasteiger partial charge in [0.15, 0.2) is 11.5 Å². The van der Waals surface area contributed by atoms with Crippen LogP contribution in [-0.2, 0) is 0 Å². The van der Waals surface area contributed by atoms with Gasteiger partial charge in [0.2, 0.25) is 5.82 Å². The molecule has 0 atom stereocenters. The van der Waals surface area contributed by atoms with Gasteiger partial charge in [-0.25, -0.2) is 4.39 Å². The van der Waals surface area contributed by atoms with Gasteiger partial charge in [-0.2, -0.15) is 4.39 Å². The summed E-state index contributed by atoms with van der Waals surface area (Å²) in [6.07, 6.45) is 0. The van der Waals surface area contributed by atoms with Crippen molar-refractivity contribution in [1.82, 2.24) is 0 Å². The molecule has 0 amide bonds. The Morgan fingerprint density at radius 2 is 1.92 bits per heavy atom. The molecule has 0 bridgehead atoms. The van der Waals surface area contributed by atoms with Gasteiger partial charge >= 0.3 is 5.69 Å². The monoisotopic (exact) mass is 188 g/mol. The molecular weight excluding hydrogens is 186 g/mol. The predicted molar refractivity (Wildman–Crippen MR) is 38.5 cm³/mol. The largest absolute Gasteiger partial charge is 0.307 e. The molecule has 13 heavy (non-hydrogen) atoms. The first-order chi connectivity index (χ1) is 6.06. The Labute approximate surface area is 70.1 Å². The fraction of sp³-hybridized carbons (Fsp3) is 0. The van der Waals surface area contributed by atoms with Crippen LogP contribution in [-0.4, -0.2) is 4.92 Å². The molecule has 5 nitrogen and oxygen atoms in total. The minimum absolute atomic E-state index is 0.245. The molecule has 7 heteroatoms. The van der Waals surface area contributed by atoms with Crippen molar-refractivity contribution in [1.29, 1.82) is 0 Å². The Morgan fingerprint density at radius 1 is 1.31 bits per heavy atom. The SMILES string of the molecule is O=Nc1cc([N+](=O)[O-])c(F)cc1F. The summed E-state index contributed by atoms with van der Waals surface area (Å²) in [6, 6.07) is 0.687. The Hall–Kier alpha value is -1.92. The van der Waals surface area contributed by atoms with E-state index in [9.17, 15) is 23.8 Å². The Balaban J connectivity index is 3.38. The average molecular weight is 188 g/mol. The predicted octanol–water partition coefficient (Wildman–Crippen LogP) is 2.27. The van der Waals surface area contributed by atoms with Crippen LogP contribution in [0.1, 0.15) is 0 Å². The van der Waals surface area contributed by atoms with Crippen molar-refractivity contribution in [2.75, 3.05) is 0 Å². The molecule has 0 radical (unpaired) electrons. The lowest BCUT2D eigenvalue weighted by Gasteiger charge is -1.95. The van der Waals surface area contributed by atoms with Crippen LogP contribution in [0.4, 0.5) is 20.2 Å². The van der Waals surface area contributed by atoms with Crippen molar-refractivity contribution in [2.45, 2.75) is 0 Å². The molecule has 1 aromatic rings. The number of rotatable bonds is 2. The summed E-state index contributed by atoms with van der Waals surface area (Å²) >= 11 is 0. The third kappa shape index (κ3) is 1.63. The van der Waals surface area contributed by atoms with Crippen molar-refractivity contribution in [3.8, 4) is 0 Å². The number of hydrogen-bond donors (Lipinski definition) is 0. The highest BCUT2D eigenvalue weighted by atomic mass is 19.1. The Bertz CT molecular complexity index is 380. The minimum atomic E-state index is -1.34. The van der Waals surface area contributed by atoms with Crippen LogP contribution >= 0.6 is 0 Å². The average Bonchev–Trinajstić information content (AvgIpc) is 2.03. The van der Waals surface area contributed by atoms with E-state index in [4.69, 9.17) is 0 Å². The van der Waals surface area contributed by atoms with E-state index in [1.807, 2.05) is 0 Å². The third-order valence-corrected chi connectivity index (χ3v) is 1.31. The molecule has 1 rings (SSSR count). The van der Waals surface area contributed by atoms with Gasteiger partial charge in [-0.05, 0) is 5.18 Å². The van der Waals surface area contributed by atoms with Crippen molar-refractivity contribution >= 4 is 11.4 Å². The number of nitrogens with zero attached hydrogens (tertiary/aromatic N) is 2. The van der Waals surface area contributed by atoms with Gasteiger partial charge in [-0.3, -0.25) is 10.1 Å².